The number of rotatable bonds is 5. The van der Waals surface area contributed by atoms with E-state index >= 15 is 0 Å². The van der Waals surface area contributed by atoms with Crippen LogP contribution in [-0.2, 0) is 17.9 Å². The van der Waals surface area contributed by atoms with Crippen LogP contribution in [0.5, 0.6) is 0 Å². The van der Waals surface area contributed by atoms with E-state index < -0.39 is 5.54 Å². The molecule has 6 heteroatoms. The number of nitrogens with zero attached hydrogens (tertiary/aromatic N) is 4. The van der Waals surface area contributed by atoms with Crippen molar-refractivity contribution >= 4 is 11.9 Å². The first-order valence-electron chi connectivity index (χ1n) is 11.1. The molecule has 2 aromatic rings. The highest BCUT2D eigenvalue weighted by Crippen LogP contribution is 2.39. The number of pyridine rings is 1. The first-order valence-corrected chi connectivity index (χ1v) is 11.1. The zero-order valence-corrected chi connectivity index (χ0v) is 18.8. The van der Waals surface area contributed by atoms with Crippen LogP contribution >= 0.6 is 0 Å². The Morgan fingerprint density at radius 1 is 0.935 bits per heavy atom. The molecule has 1 spiro atoms. The third kappa shape index (κ3) is 4.49. The second-order valence-corrected chi connectivity index (χ2v) is 9.94. The summed E-state index contributed by atoms with van der Waals surface area (Å²) in [7, 11) is 0. The number of urea groups is 1. The van der Waals surface area contributed by atoms with Crippen molar-refractivity contribution in [3.63, 3.8) is 0 Å². The zero-order valence-electron chi connectivity index (χ0n) is 18.8. The average Bonchev–Trinajstić information content (AvgIpc) is 2.92. The minimum atomic E-state index is -0.768. The van der Waals surface area contributed by atoms with Crippen molar-refractivity contribution in [1.29, 1.82) is 0 Å². The van der Waals surface area contributed by atoms with E-state index in [1.54, 1.807) is 6.20 Å². The Balaban J connectivity index is 1.60. The lowest BCUT2D eigenvalue weighted by Gasteiger charge is -2.43. The van der Waals surface area contributed by atoms with Crippen LogP contribution in [0.3, 0.4) is 0 Å². The highest BCUT2D eigenvalue weighted by Gasteiger charge is 2.57. The molecule has 0 radical (unpaired) electrons. The molecule has 4 rings (SSSR count). The molecule has 6 nitrogen and oxygen atoms in total. The van der Waals surface area contributed by atoms with Crippen LogP contribution in [0.15, 0.2) is 54.7 Å². The quantitative estimate of drug-likeness (QED) is 0.688. The molecule has 0 unspecified atom stereocenters. The second kappa shape index (κ2) is 8.42. The SMILES string of the molecule is CC(C)(C)CN1CCC2(CC1)C(=O)N(Cc1ccccn1)C(=O)N2Cc1ccccc1. The molecule has 2 saturated heterocycles. The van der Waals surface area contributed by atoms with E-state index in [0.29, 0.717) is 19.4 Å². The number of amides is 3. The molecule has 0 N–H and O–H groups in total. The summed E-state index contributed by atoms with van der Waals surface area (Å²) in [5.41, 5.74) is 1.20. The Morgan fingerprint density at radius 2 is 1.61 bits per heavy atom. The molecule has 0 saturated carbocycles. The maximum Gasteiger partial charge on any atom is 0.328 e. The van der Waals surface area contributed by atoms with E-state index in [2.05, 4.69) is 30.7 Å². The van der Waals surface area contributed by atoms with Gasteiger partial charge in [0, 0.05) is 32.4 Å². The molecule has 164 valence electrons. The smallest absolute Gasteiger partial charge is 0.305 e. The summed E-state index contributed by atoms with van der Waals surface area (Å²) in [5, 5.41) is 0. The van der Waals surface area contributed by atoms with Gasteiger partial charge >= 0.3 is 6.03 Å². The lowest BCUT2D eigenvalue weighted by Crippen LogP contribution is -2.57. The van der Waals surface area contributed by atoms with E-state index in [-0.39, 0.29) is 23.9 Å². The van der Waals surface area contributed by atoms with Gasteiger partial charge in [0.1, 0.15) is 5.54 Å². The molecule has 3 heterocycles. The lowest BCUT2D eigenvalue weighted by atomic mass is 9.84. The first kappa shape index (κ1) is 21.5. The summed E-state index contributed by atoms with van der Waals surface area (Å²) in [5.74, 6) is -0.0745. The third-order valence-electron chi connectivity index (χ3n) is 6.23. The van der Waals surface area contributed by atoms with Crippen molar-refractivity contribution in [3.05, 3.63) is 66.0 Å². The largest absolute Gasteiger partial charge is 0.328 e. The molecule has 1 aromatic heterocycles. The fourth-order valence-electron chi connectivity index (χ4n) is 4.80. The number of imide groups is 1. The van der Waals surface area contributed by atoms with Crippen LogP contribution in [0.4, 0.5) is 4.79 Å². The lowest BCUT2D eigenvalue weighted by molar-refractivity contribution is -0.136. The third-order valence-corrected chi connectivity index (χ3v) is 6.23. The van der Waals surface area contributed by atoms with Gasteiger partial charge in [-0.1, -0.05) is 57.2 Å². The van der Waals surface area contributed by atoms with Crippen molar-refractivity contribution in [2.75, 3.05) is 19.6 Å². The molecular formula is C25H32N4O2. The predicted molar refractivity (Wildman–Crippen MR) is 120 cm³/mol. The highest BCUT2D eigenvalue weighted by atomic mass is 16.2. The summed E-state index contributed by atoms with van der Waals surface area (Å²) < 4.78 is 0. The molecule has 1 aromatic carbocycles. The monoisotopic (exact) mass is 420 g/mol. The molecule has 3 amide bonds. The van der Waals surface area contributed by atoms with Crippen LogP contribution in [0, 0.1) is 5.41 Å². The minimum absolute atomic E-state index is 0.0745. The van der Waals surface area contributed by atoms with Crippen LogP contribution in [0.25, 0.3) is 0 Å². The number of likely N-dealkylation sites (tertiary alicyclic amines) is 1. The molecule has 2 fully saturated rings. The Morgan fingerprint density at radius 3 is 2.23 bits per heavy atom. The van der Waals surface area contributed by atoms with Gasteiger partial charge in [0.25, 0.3) is 5.91 Å². The molecule has 31 heavy (non-hydrogen) atoms. The Kier molecular flexibility index (Phi) is 5.84. The van der Waals surface area contributed by atoms with Gasteiger partial charge in [0.15, 0.2) is 0 Å². The molecular weight excluding hydrogens is 388 g/mol. The summed E-state index contributed by atoms with van der Waals surface area (Å²) >= 11 is 0. The van der Waals surface area contributed by atoms with Gasteiger partial charge in [-0.25, -0.2) is 4.79 Å². The number of hydrogen-bond donors (Lipinski definition) is 0. The maximum absolute atomic E-state index is 13.7. The number of aromatic nitrogens is 1. The highest BCUT2D eigenvalue weighted by molar-refractivity contribution is 6.07. The number of carbonyl (C=O) groups is 2. The minimum Gasteiger partial charge on any atom is -0.305 e. The Hall–Kier alpha value is -2.73. The van der Waals surface area contributed by atoms with Gasteiger partial charge in [-0.05, 0) is 36.0 Å². The van der Waals surface area contributed by atoms with Crippen LogP contribution < -0.4 is 0 Å². The average molecular weight is 421 g/mol. The topological polar surface area (TPSA) is 56.8 Å². The van der Waals surface area contributed by atoms with E-state index in [1.165, 1.54) is 4.90 Å². The summed E-state index contributed by atoms with van der Waals surface area (Å²) in [4.78, 5) is 37.2. The molecule has 2 aliphatic heterocycles. The van der Waals surface area contributed by atoms with Crippen molar-refractivity contribution in [3.8, 4) is 0 Å². The number of hydrogen-bond acceptors (Lipinski definition) is 4. The number of carbonyl (C=O) groups excluding carboxylic acids is 2. The standard InChI is InChI=1S/C25H32N4O2/c1-24(2,3)19-27-15-12-25(13-16-27)22(30)28(18-21-11-7-8-14-26-21)23(31)29(25)17-20-9-5-4-6-10-20/h4-11,14H,12-13,15-19H2,1-3H3. The van der Waals surface area contributed by atoms with Crippen molar-refractivity contribution in [2.24, 2.45) is 5.41 Å². The number of piperidine rings is 1. The van der Waals surface area contributed by atoms with Crippen LogP contribution in [0.2, 0.25) is 0 Å². The van der Waals surface area contributed by atoms with Gasteiger partial charge in [-0.15, -0.1) is 0 Å². The maximum atomic E-state index is 13.7. The van der Waals surface area contributed by atoms with Gasteiger partial charge < -0.3 is 9.80 Å². The molecule has 0 aliphatic carbocycles. The fraction of sp³-hybridized carbons (Fsp3) is 0.480. The van der Waals surface area contributed by atoms with Gasteiger partial charge in [-0.3, -0.25) is 14.7 Å². The fourth-order valence-corrected chi connectivity index (χ4v) is 4.80. The summed E-state index contributed by atoms with van der Waals surface area (Å²) in [6.07, 6.45) is 3.03. The van der Waals surface area contributed by atoms with Crippen molar-refractivity contribution in [1.82, 2.24) is 19.7 Å². The van der Waals surface area contributed by atoms with Crippen molar-refractivity contribution in [2.45, 2.75) is 52.2 Å². The van der Waals surface area contributed by atoms with Gasteiger partial charge in [0.2, 0.25) is 0 Å². The normalized spacial score (nSPS) is 19.5. The predicted octanol–water partition coefficient (Wildman–Crippen LogP) is 3.93. The van der Waals surface area contributed by atoms with E-state index in [9.17, 15) is 9.59 Å². The van der Waals surface area contributed by atoms with Gasteiger partial charge in [-0.2, -0.15) is 0 Å². The summed E-state index contributed by atoms with van der Waals surface area (Å²) in [6.45, 7) is 9.99. The first-order chi connectivity index (χ1) is 14.8. The Bertz CT molecular complexity index is 916. The number of benzene rings is 1. The van der Waals surface area contributed by atoms with Gasteiger partial charge in [0.05, 0.1) is 12.2 Å². The van der Waals surface area contributed by atoms with Crippen LogP contribution in [0.1, 0.15) is 44.9 Å². The van der Waals surface area contributed by atoms with E-state index in [4.69, 9.17) is 0 Å². The van der Waals surface area contributed by atoms with E-state index in [0.717, 1.165) is 30.9 Å². The Labute approximate surface area is 184 Å². The molecule has 0 bridgehead atoms. The van der Waals surface area contributed by atoms with E-state index in [1.807, 2.05) is 53.4 Å². The summed E-state index contributed by atoms with van der Waals surface area (Å²) in [6, 6.07) is 15.3. The molecule has 0 atom stereocenters. The molecule has 2 aliphatic rings. The zero-order chi connectivity index (χ0) is 22.1. The second-order valence-electron chi connectivity index (χ2n) is 9.94. The van der Waals surface area contributed by atoms with Crippen LogP contribution in [-0.4, -0.2) is 56.8 Å². The van der Waals surface area contributed by atoms with Crippen molar-refractivity contribution < 1.29 is 9.59 Å².